The highest BCUT2D eigenvalue weighted by molar-refractivity contribution is 6.22. The Morgan fingerprint density at radius 2 is 1.60 bits per heavy atom. The van der Waals surface area contributed by atoms with E-state index in [1.165, 1.54) is 0 Å². The molecule has 4 nitrogen and oxygen atoms in total. The Bertz CT molecular complexity index is 694. The van der Waals surface area contributed by atoms with Crippen molar-refractivity contribution in [2.75, 3.05) is 11.5 Å². The van der Waals surface area contributed by atoms with Gasteiger partial charge in [-0.1, -0.05) is 0 Å². The molecular weight excluding hydrogens is 250 g/mol. The predicted molar refractivity (Wildman–Crippen MR) is 84.4 cm³/mol. The molecule has 0 aromatic heterocycles. The van der Waals surface area contributed by atoms with Gasteiger partial charge in [-0.05, 0) is 68.2 Å². The number of ketones is 1. The number of aryl methyl sites for hydroxylation is 1. The third-order valence-corrected chi connectivity index (χ3v) is 3.60. The zero-order chi connectivity index (χ0) is 15.0. The molecular formula is C16H19N3O. The third-order valence-electron chi connectivity index (χ3n) is 3.60. The number of aliphatic imine (C=N–C) groups is 1. The van der Waals surface area contributed by atoms with Gasteiger partial charge in [0.15, 0.2) is 5.78 Å². The summed E-state index contributed by atoms with van der Waals surface area (Å²) in [7, 11) is 0. The summed E-state index contributed by atoms with van der Waals surface area (Å²) in [5, 5.41) is 0. The Labute approximate surface area is 118 Å². The number of anilines is 2. The van der Waals surface area contributed by atoms with Crippen LogP contribution >= 0.6 is 0 Å². The van der Waals surface area contributed by atoms with E-state index < -0.39 is 0 Å². The highest BCUT2D eigenvalue weighted by Gasteiger charge is 2.14. The van der Waals surface area contributed by atoms with E-state index in [9.17, 15) is 4.79 Å². The predicted octanol–water partition coefficient (Wildman–Crippen LogP) is 3.02. The van der Waals surface area contributed by atoms with Crippen molar-refractivity contribution in [1.82, 2.24) is 0 Å². The molecule has 0 heterocycles. The first-order valence-electron chi connectivity index (χ1n) is 6.46. The van der Waals surface area contributed by atoms with Gasteiger partial charge in [0.05, 0.1) is 17.1 Å². The lowest BCUT2D eigenvalue weighted by Crippen LogP contribution is -2.10. The zero-order valence-electron chi connectivity index (χ0n) is 12.2. The molecule has 0 aliphatic heterocycles. The number of carbonyl (C=O) groups excluding carboxylic acids is 1. The van der Waals surface area contributed by atoms with E-state index in [0.29, 0.717) is 22.6 Å². The lowest BCUT2D eigenvalue weighted by Gasteiger charge is -2.13. The van der Waals surface area contributed by atoms with Gasteiger partial charge in [0.25, 0.3) is 0 Å². The molecule has 104 valence electrons. The zero-order valence-corrected chi connectivity index (χ0v) is 12.2. The fourth-order valence-corrected chi connectivity index (χ4v) is 2.11. The summed E-state index contributed by atoms with van der Waals surface area (Å²) in [6, 6.07) is 1.87. The molecule has 1 aromatic rings. The second kappa shape index (κ2) is 4.96. The van der Waals surface area contributed by atoms with Gasteiger partial charge in [0, 0.05) is 5.69 Å². The van der Waals surface area contributed by atoms with E-state index in [1.807, 2.05) is 26.8 Å². The van der Waals surface area contributed by atoms with E-state index in [0.717, 1.165) is 22.4 Å². The van der Waals surface area contributed by atoms with Crippen molar-refractivity contribution in [3.05, 3.63) is 40.5 Å². The number of benzene rings is 1. The first-order chi connectivity index (χ1) is 9.31. The van der Waals surface area contributed by atoms with Crippen molar-refractivity contribution >= 4 is 28.6 Å². The summed E-state index contributed by atoms with van der Waals surface area (Å²) in [6.07, 6.45) is 3.39. The summed E-state index contributed by atoms with van der Waals surface area (Å²) in [5.74, 6) is 0.0269. The Morgan fingerprint density at radius 3 is 2.25 bits per heavy atom. The molecule has 0 fully saturated rings. The summed E-state index contributed by atoms with van der Waals surface area (Å²) < 4.78 is 0. The molecule has 4 heteroatoms. The maximum atomic E-state index is 11.6. The van der Waals surface area contributed by atoms with Crippen LogP contribution in [0.15, 0.2) is 34.4 Å². The normalized spacial score (nSPS) is 17.2. The van der Waals surface area contributed by atoms with Gasteiger partial charge in [-0.3, -0.25) is 4.79 Å². The monoisotopic (exact) mass is 269 g/mol. The van der Waals surface area contributed by atoms with Gasteiger partial charge in [0.1, 0.15) is 0 Å². The highest BCUT2D eigenvalue weighted by Crippen LogP contribution is 2.33. The molecule has 0 unspecified atom stereocenters. The Balaban J connectivity index is 2.57. The molecule has 0 spiro atoms. The second-order valence-corrected chi connectivity index (χ2v) is 5.18. The van der Waals surface area contributed by atoms with Crippen molar-refractivity contribution in [1.29, 1.82) is 0 Å². The first-order valence-corrected chi connectivity index (χ1v) is 6.46. The number of hydrogen-bond acceptors (Lipinski definition) is 4. The van der Waals surface area contributed by atoms with Crippen LogP contribution in [0.5, 0.6) is 0 Å². The minimum atomic E-state index is 0.0269. The van der Waals surface area contributed by atoms with Crippen LogP contribution in [0.25, 0.3) is 0 Å². The molecule has 0 amide bonds. The average Bonchev–Trinajstić information content (AvgIpc) is 2.39. The summed E-state index contributed by atoms with van der Waals surface area (Å²) in [5.41, 5.74) is 18.1. The molecule has 0 saturated carbocycles. The van der Waals surface area contributed by atoms with E-state index in [4.69, 9.17) is 11.5 Å². The molecule has 4 N–H and O–H groups in total. The number of nitrogens with zero attached hydrogens (tertiary/aromatic N) is 1. The van der Waals surface area contributed by atoms with Crippen molar-refractivity contribution in [2.24, 2.45) is 4.99 Å². The Kier molecular flexibility index (Phi) is 3.49. The van der Waals surface area contributed by atoms with Crippen molar-refractivity contribution in [2.45, 2.75) is 27.7 Å². The maximum absolute atomic E-state index is 11.6. The van der Waals surface area contributed by atoms with Crippen LogP contribution in [0, 0.1) is 13.8 Å². The largest absolute Gasteiger partial charge is 0.398 e. The van der Waals surface area contributed by atoms with Crippen LogP contribution in [0.1, 0.15) is 25.0 Å². The van der Waals surface area contributed by atoms with Crippen LogP contribution in [-0.4, -0.2) is 11.5 Å². The SMILES string of the molecule is CC1=CC(=Nc2cc(C)c(N)c(C)c2N)C(C)=CC1=O. The molecule has 20 heavy (non-hydrogen) atoms. The minimum absolute atomic E-state index is 0.0269. The lowest BCUT2D eigenvalue weighted by atomic mass is 9.98. The van der Waals surface area contributed by atoms with E-state index >= 15 is 0 Å². The van der Waals surface area contributed by atoms with Crippen molar-refractivity contribution in [3.63, 3.8) is 0 Å². The Hall–Kier alpha value is -2.36. The van der Waals surface area contributed by atoms with Crippen LogP contribution in [0.4, 0.5) is 17.1 Å². The van der Waals surface area contributed by atoms with E-state index in [1.54, 1.807) is 19.1 Å². The van der Waals surface area contributed by atoms with Gasteiger partial charge in [0.2, 0.25) is 0 Å². The number of hydrogen-bond donors (Lipinski definition) is 2. The number of nitrogens with two attached hydrogens (primary N) is 2. The highest BCUT2D eigenvalue weighted by atomic mass is 16.1. The topological polar surface area (TPSA) is 81.5 Å². The molecule has 0 atom stereocenters. The molecule has 0 bridgehead atoms. The van der Waals surface area contributed by atoms with Gasteiger partial charge in [-0.15, -0.1) is 0 Å². The van der Waals surface area contributed by atoms with Crippen LogP contribution < -0.4 is 11.5 Å². The molecule has 0 radical (unpaired) electrons. The number of nitrogen functional groups attached to an aromatic ring is 2. The number of rotatable bonds is 1. The number of carbonyl (C=O) groups is 1. The fraction of sp³-hybridized carbons (Fsp3) is 0.250. The van der Waals surface area contributed by atoms with Gasteiger partial charge in [-0.25, -0.2) is 4.99 Å². The minimum Gasteiger partial charge on any atom is -0.398 e. The summed E-state index contributed by atoms with van der Waals surface area (Å²) in [4.78, 5) is 16.2. The first kappa shape index (κ1) is 14.1. The van der Waals surface area contributed by atoms with Crippen LogP contribution in [-0.2, 0) is 4.79 Å². The average molecular weight is 269 g/mol. The maximum Gasteiger partial charge on any atom is 0.181 e. The fourth-order valence-electron chi connectivity index (χ4n) is 2.11. The summed E-state index contributed by atoms with van der Waals surface area (Å²) >= 11 is 0. The molecule has 1 aliphatic carbocycles. The van der Waals surface area contributed by atoms with Crippen LogP contribution in [0.3, 0.4) is 0 Å². The molecule has 1 aromatic carbocycles. The second-order valence-electron chi connectivity index (χ2n) is 5.18. The Morgan fingerprint density at radius 1 is 0.950 bits per heavy atom. The standard InChI is InChI=1S/C16H19N3O/c1-8-7-14(20)9(2)5-12(8)19-13-6-10(3)15(17)11(4)16(13)18/h5-7H,17-18H2,1-4H3. The molecule has 1 aliphatic rings. The van der Waals surface area contributed by atoms with Gasteiger partial charge in [-0.2, -0.15) is 0 Å². The summed E-state index contributed by atoms with van der Waals surface area (Å²) in [6.45, 7) is 7.46. The van der Waals surface area contributed by atoms with Crippen LogP contribution in [0.2, 0.25) is 0 Å². The van der Waals surface area contributed by atoms with E-state index in [2.05, 4.69) is 4.99 Å². The number of allylic oxidation sites excluding steroid dienone is 4. The quantitative estimate of drug-likeness (QED) is 0.607. The van der Waals surface area contributed by atoms with Gasteiger partial charge < -0.3 is 11.5 Å². The lowest BCUT2D eigenvalue weighted by molar-refractivity contribution is -0.111. The van der Waals surface area contributed by atoms with Crippen molar-refractivity contribution in [3.8, 4) is 0 Å². The van der Waals surface area contributed by atoms with E-state index in [-0.39, 0.29) is 5.78 Å². The molecule has 0 saturated heterocycles. The molecule has 2 rings (SSSR count). The van der Waals surface area contributed by atoms with Gasteiger partial charge >= 0.3 is 0 Å². The smallest absolute Gasteiger partial charge is 0.181 e. The third kappa shape index (κ3) is 2.37. The van der Waals surface area contributed by atoms with Crippen molar-refractivity contribution < 1.29 is 4.79 Å².